The molecule has 0 amide bonds. The van der Waals surface area contributed by atoms with Crippen LogP contribution >= 0.6 is 0 Å². The van der Waals surface area contributed by atoms with E-state index in [9.17, 15) is 0 Å². The highest BCUT2D eigenvalue weighted by molar-refractivity contribution is 4.80. The van der Waals surface area contributed by atoms with Gasteiger partial charge in [-0.15, -0.1) is 0 Å². The smallest absolute Gasteiger partial charge is 0.0497 e. The van der Waals surface area contributed by atoms with E-state index in [-0.39, 0.29) is 0 Å². The zero-order valence-electron chi connectivity index (χ0n) is 7.67. The fourth-order valence-electron chi connectivity index (χ4n) is 2.54. The van der Waals surface area contributed by atoms with Crippen molar-refractivity contribution < 1.29 is 4.74 Å². The van der Waals surface area contributed by atoms with E-state index in [1.54, 1.807) is 0 Å². The van der Waals surface area contributed by atoms with Crippen LogP contribution in [-0.4, -0.2) is 19.3 Å². The van der Waals surface area contributed by atoms with Gasteiger partial charge in [0.1, 0.15) is 0 Å². The fraction of sp³-hybridized carbons (Fsp3) is 1.00. The summed E-state index contributed by atoms with van der Waals surface area (Å²) >= 11 is 0. The van der Waals surface area contributed by atoms with E-state index < -0.39 is 0 Å². The Kier molecular flexibility index (Phi) is 2.66. The van der Waals surface area contributed by atoms with Crippen molar-refractivity contribution in [2.45, 2.75) is 38.1 Å². The van der Waals surface area contributed by atoms with Gasteiger partial charge in [-0.25, -0.2) is 0 Å². The van der Waals surface area contributed by atoms with Crippen molar-refractivity contribution in [3.8, 4) is 0 Å². The normalized spacial score (nSPS) is 43.2. The second kappa shape index (κ2) is 3.75. The Morgan fingerprint density at radius 3 is 2.25 bits per heavy atom. The minimum Gasteiger partial charge on any atom is -0.381 e. The first-order valence-electron chi connectivity index (χ1n) is 5.19. The molecule has 1 atom stereocenters. The summed E-state index contributed by atoms with van der Waals surface area (Å²) in [7, 11) is 0. The van der Waals surface area contributed by atoms with Crippen LogP contribution in [0, 0.1) is 11.8 Å². The Morgan fingerprint density at radius 2 is 1.67 bits per heavy atom. The maximum atomic E-state index is 5.86. The molecule has 0 aromatic carbocycles. The molecule has 1 heterocycles. The quantitative estimate of drug-likeness (QED) is 0.646. The Bertz CT molecular complexity index is 135. The second-order valence-corrected chi connectivity index (χ2v) is 4.30. The summed E-state index contributed by atoms with van der Waals surface area (Å²) < 4.78 is 5.41. The Hall–Kier alpha value is -0.0800. The van der Waals surface area contributed by atoms with Crippen molar-refractivity contribution in [3.05, 3.63) is 0 Å². The maximum Gasteiger partial charge on any atom is 0.0497 e. The summed E-state index contributed by atoms with van der Waals surface area (Å²) in [5, 5.41) is 0. The number of ether oxygens (including phenoxy) is 1. The van der Waals surface area contributed by atoms with Gasteiger partial charge in [-0.05, 0) is 43.9 Å². The minimum atomic E-state index is 0.489. The topological polar surface area (TPSA) is 35.2 Å². The van der Waals surface area contributed by atoms with Gasteiger partial charge in [0, 0.05) is 19.3 Å². The average Bonchev–Trinajstić information content (AvgIpc) is 2.58. The number of hydrogen-bond acceptors (Lipinski definition) is 2. The SMILES string of the molecule is NC1CCC(C2CCOC2)CC1. The first kappa shape index (κ1) is 8.52. The van der Waals surface area contributed by atoms with Gasteiger partial charge in [-0.2, -0.15) is 0 Å². The molecule has 1 unspecified atom stereocenters. The van der Waals surface area contributed by atoms with E-state index in [0.29, 0.717) is 6.04 Å². The highest BCUT2D eigenvalue weighted by atomic mass is 16.5. The summed E-state index contributed by atoms with van der Waals surface area (Å²) in [6.07, 6.45) is 6.45. The largest absolute Gasteiger partial charge is 0.381 e. The van der Waals surface area contributed by atoms with Crippen molar-refractivity contribution in [1.29, 1.82) is 0 Å². The maximum absolute atomic E-state index is 5.86. The zero-order valence-corrected chi connectivity index (χ0v) is 7.67. The van der Waals surface area contributed by atoms with Crippen LogP contribution in [0.2, 0.25) is 0 Å². The van der Waals surface area contributed by atoms with Crippen LogP contribution in [0.15, 0.2) is 0 Å². The molecule has 1 saturated carbocycles. The number of rotatable bonds is 1. The van der Waals surface area contributed by atoms with Crippen molar-refractivity contribution in [2.24, 2.45) is 17.6 Å². The molecular formula is C10H19NO. The van der Waals surface area contributed by atoms with E-state index in [1.165, 1.54) is 32.1 Å². The van der Waals surface area contributed by atoms with Gasteiger partial charge in [0.05, 0.1) is 0 Å². The average molecular weight is 169 g/mol. The first-order valence-corrected chi connectivity index (χ1v) is 5.19. The molecule has 0 aromatic heterocycles. The summed E-state index contributed by atoms with van der Waals surface area (Å²) in [4.78, 5) is 0. The third-order valence-electron chi connectivity index (χ3n) is 3.45. The molecule has 2 aliphatic rings. The molecule has 0 radical (unpaired) electrons. The van der Waals surface area contributed by atoms with Crippen LogP contribution in [-0.2, 0) is 4.74 Å². The molecule has 2 fully saturated rings. The second-order valence-electron chi connectivity index (χ2n) is 4.30. The molecule has 2 nitrogen and oxygen atoms in total. The molecule has 2 N–H and O–H groups in total. The molecule has 2 heteroatoms. The van der Waals surface area contributed by atoms with Crippen LogP contribution in [0.4, 0.5) is 0 Å². The van der Waals surface area contributed by atoms with Crippen LogP contribution in [0.25, 0.3) is 0 Å². The molecule has 70 valence electrons. The lowest BCUT2D eigenvalue weighted by Crippen LogP contribution is -2.29. The van der Waals surface area contributed by atoms with Gasteiger partial charge < -0.3 is 10.5 Å². The predicted molar refractivity (Wildman–Crippen MR) is 48.9 cm³/mol. The molecule has 2 rings (SSSR count). The van der Waals surface area contributed by atoms with Gasteiger partial charge in [0.2, 0.25) is 0 Å². The summed E-state index contributed by atoms with van der Waals surface area (Å²) in [6, 6.07) is 0.489. The van der Waals surface area contributed by atoms with Crippen molar-refractivity contribution in [1.82, 2.24) is 0 Å². The van der Waals surface area contributed by atoms with Gasteiger partial charge in [0.15, 0.2) is 0 Å². The first-order chi connectivity index (χ1) is 5.86. The van der Waals surface area contributed by atoms with E-state index in [0.717, 1.165) is 25.0 Å². The van der Waals surface area contributed by atoms with E-state index in [2.05, 4.69) is 0 Å². The lowest BCUT2D eigenvalue weighted by Gasteiger charge is -2.29. The van der Waals surface area contributed by atoms with Crippen molar-refractivity contribution in [3.63, 3.8) is 0 Å². The number of hydrogen-bond donors (Lipinski definition) is 1. The summed E-state index contributed by atoms with van der Waals surface area (Å²) in [5.41, 5.74) is 5.86. The third-order valence-corrected chi connectivity index (χ3v) is 3.45. The molecule has 0 spiro atoms. The third kappa shape index (κ3) is 1.80. The standard InChI is InChI=1S/C10H19NO/c11-10-3-1-8(2-4-10)9-5-6-12-7-9/h8-10H,1-7,11H2. The highest BCUT2D eigenvalue weighted by Gasteiger charge is 2.28. The van der Waals surface area contributed by atoms with Gasteiger partial charge in [0.25, 0.3) is 0 Å². The van der Waals surface area contributed by atoms with Crippen LogP contribution in [0.5, 0.6) is 0 Å². The molecule has 1 aliphatic carbocycles. The van der Waals surface area contributed by atoms with Gasteiger partial charge in [-0.3, -0.25) is 0 Å². The molecule has 1 saturated heterocycles. The van der Waals surface area contributed by atoms with Crippen LogP contribution in [0.3, 0.4) is 0 Å². The lowest BCUT2D eigenvalue weighted by atomic mass is 9.78. The molecular weight excluding hydrogens is 150 g/mol. The van der Waals surface area contributed by atoms with Crippen LogP contribution < -0.4 is 5.73 Å². The highest BCUT2D eigenvalue weighted by Crippen LogP contribution is 2.33. The van der Waals surface area contributed by atoms with Crippen molar-refractivity contribution in [2.75, 3.05) is 13.2 Å². The Labute approximate surface area is 74.5 Å². The minimum absolute atomic E-state index is 0.489. The molecule has 12 heavy (non-hydrogen) atoms. The lowest BCUT2D eigenvalue weighted by molar-refractivity contribution is 0.157. The van der Waals surface area contributed by atoms with Gasteiger partial charge >= 0.3 is 0 Å². The summed E-state index contributed by atoms with van der Waals surface area (Å²) in [5.74, 6) is 1.78. The van der Waals surface area contributed by atoms with E-state index in [1.807, 2.05) is 0 Å². The fourth-order valence-corrected chi connectivity index (χ4v) is 2.54. The van der Waals surface area contributed by atoms with Crippen LogP contribution in [0.1, 0.15) is 32.1 Å². The van der Waals surface area contributed by atoms with Gasteiger partial charge in [-0.1, -0.05) is 0 Å². The Balaban J connectivity index is 1.80. The van der Waals surface area contributed by atoms with Crippen molar-refractivity contribution >= 4 is 0 Å². The monoisotopic (exact) mass is 169 g/mol. The number of nitrogens with two attached hydrogens (primary N) is 1. The molecule has 1 aliphatic heterocycles. The molecule has 0 bridgehead atoms. The predicted octanol–water partition coefficient (Wildman–Crippen LogP) is 1.54. The molecule has 0 aromatic rings. The van der Waals surface area contributed by atoms with E-state index >= 15 is 0 Å². The summed E-state index contributed by atoms with van der Waals surface area (Å²) in [6.45, 7) is 2.01. The van der Waals surface area contributed by atoms with E-state index in [4.69, 9.17) is 10.5 Å². The zero-order chi connectivity index (χ0) is 8.39. The Morgan fingerprint density at radius 1 is 0.917 bits per heavy atom.